The Morgan fingerprint density at radius 1 is 1.50 bits per heavy atom. The molecule has 7 nitrogen and oxygen atoms in total. The molecule has 0 amide bonds. The molecule has 18 heavy (non-hydrogen) atoms. The molecule has 1 aliphatic carbocycles. The van der Waals surface area contributed by atoms with Gasteiger partial charge in [-0.2, -0.15) is 0 Å². The summed E-state index contributed by atoms with van der Waals surface area (Å²) in [5, 5.41) is 13.6. The van der Waals surface area contributed by atoms with Gasteiger partial charge < -0.3 is 10.1 Å². The average molecular weight is 252 g/mol. The molecule has 1 saturated carbocycles. The topological polar surface area (TPSA) is 90.2 Å². The van der Waals surface area contributed by atoms with E-state index in [1.54, 1.807) is 7.11 Å². The van der Waals surface area contributed by atoms with Crippen molar-refractivity contribution in [2.45, 2.75) is 32.4 Å². The number of nitro groups is 1. The number of nitrogens with one attached hydrogen (secondary N) is 1. The Hall–Kier alpha value is -1.76. The maximum absolute atomic E-state index is 10.5. The molecule has 0 aliphatic heterocycles. The normalized spacial score (nSPS) is 25.3. The average Bonchev–Trinajstić information content (AvgIpc) is 2.34. The first-order valence-corrected chi connectivity index (χ1v) is 5.71. The van der Waals surface area contributed by atoms with E-state index in [-0.39, 0.29) is 23.2 Å². The SMILES string of the molecule is COC1CC(Nc2ncc([N+](=O)[O-])cn2)C1(C)C. The van der Waals surface area contributed by atoms with E-state index in [9.17, 15) is 10.1 Å². The number of ether oxygens (including phenoxy) is 1. The summed E-state index contributed by atoms with van der Waals surface area (Å²) in [7, 11) is 1.70. The fraction of sp³-hybridized carbons (Fsp3) is 0.636. The van der Waals surface area contributed by atoms with Crippen LogP contribution in [0.4, 0.5) is 11.6 Å². The highest BCUT2D eigenvalue weighted by Gasteiger charge is 2.48. The smallest absolute Gasteiger partial charge is 0.305 e. The van der Waals surface area contributed by atoms with Crippen LogP contribution in [-0.2, 0) is 4.74 Å². The first-order valence-electron chi connectivity index (χ1n) is 5.71. The predicted molar refractivity (Wildman–Crippen MR) is 65.3 cm³/mol. The second kappa shape index (κ2) is 4.49. The molecule has 1 heterocycles. The zero-order valence-electron chi connectivity index (χ0n) is 10.6. The van der Waals surface area contributed by atoms with Crippen molar-refractivity contribution in [2.75, 3.05) is 12.4 Å². The monoisotopic (exact) mass is 252 g/mol. The van der Waals surface area contributed by atoms with Gasteiger partial charge in [-0.05, 0) is 6.42 Å². The Morgan fingerprint density at radius 2 is 2.11 bits per heavy atom. The maximum atomic E-state index is 10.5. The molecule has 2 unspecified atom stereocenters. The zero-order valence-corrected chi connectivity index (χ0v) is 10.6. The molecular formula is C11H16N4O3. The molecule has 1 fully saturated rings. The van der Waals surface area contributed by atoms with Crippen LogP contribution >= 0.6 is 0 Å². The van der Waals surface area contributed by atoms with Crippen molar-refractivity contribution in [3.63, 3.8) is 0 Å². The highest BCUT2D eigenvalue weighted by Crippen LogP contribution is 2.43. The lowest BCUT2D eigenvalue weighted by atomic mass is 9.64. The van der Waals surface area contributed by atoms with Gasteiger partial charge in [-0.25, -0.2) is 9.97 Å². The van der Waals surface area contributed by atoms with E-state index < -0.39 is 4.92 Å². The van der Waals surface area contributed by atoms with Crippen LogP contribution in [0.15, 0.2) is 12.4 Å². The molecule has 1 aliphatic rings. The summed E-state index contributed by atoms with van der Waals surface area (Å²) in [6, 6.07) is 0.212. The number of aromatic nitrogens is 2. The van der Waals surface area contributed by atoms with Crippen molar-refractivity contribution in [1.82, 2.24) is 9.97 Å². The van der Waals surface area contributed by atoms with E-state index in [4.69, 9.17) is 4.74 Å². The van der Waals surface area contributed by atoms with Gasteiger partial charge in [0, 0.05) is 18.6 Å². The molecule has 0 spiro atoms. The fourth-order valence-electron chi connectivity index (χ4n) is 2.18. The lowest BCUT2D eigenvalue weighted by Gasteiger charge is -2.51. The molecule has 0 bridgehead atoms. The second-order valence-electron chi connectivity index (χ2n) is 5.00. The zero-order chi connectivity index (χ0) is 13.3. The van der Waals surface area contributed by atoms with Gasteiger partial charge in [0.25, 0.3) is 0 Å². The Bertz CT molecular complexity index is 446. The number of nitrogens with zero attached hydrogens (tertiary/aromatic N) is 3. The van der Waals surface area contributed by atoms with Crippen LogP contribution in [0.25, 0.3) is 0 Å². The number of hydrogen-bond donors (Lipinski definition) is 1. The summed E-state index contributed by atoms with van der Waals surface area (Å²) in [6.45, 7) is 4.21. The van der Waals surface area contributed by atoms with E-state index in [2.05, 4.69) is 29.1 Å². The van der Waals surface area contributed by atoms with E-state index in [0.717, 1.165) is 6.42 Å². The Kier molecular flexibility index (Phi) is 3.16. The lowest BCUT2D eigenvalue weighted by Crippen LogP contribution is -2.57. The van der Waals surface area contributed by atoms with Gasteiger partial charge in [-0.15, -0.1) is 0 Å². The van der Waals surface area contributed by atoms with E-state index >= 15 is 0 Å². The van der Waals surface area contributed by atoms with Crippen LogP contribution in [0, 0.1) is 15.5 Å². The number of rotatable bonds is 4. The van der Waals surface area contributed by atoms with Crippen molar-refractivity contribution in [3.05, 3.63) is 22.5 Å². The fourth-order valence-corrected chi connectivity index (χ4v) is 2.18. The minimum absolute atomic E-state index is 0.000114. The van der Waals surface area contributed by atoms with Crippen LogP contribution in [-0.4, -0.2) is 34.1 Å². The molecule has 0 radical (unpaired) electrons. The number of methoxy groups -OCH3 is 1. The van der Waals surface area contributed by atoms with Crippen LogP contribution in [0.1, 0.15) is 20.3 Å². The Balaban J connectivity index is 2.01. The summed E-state index contributed by atoms with van der Waals surface area (Å²) in [5.41, 5.74) is -0.108. The largest absolute Gasteiger partial charge is 0.381 e. The molecule has 1 N–H and O–H groups in total. The van der Waals surface area contributed by atoms with Crippen molar-refractivity contribution in [1.29, 1.82) is 0 Å². The summed E-state index contributed by atoms with van der Waals surface area (Å²) >= 11 is 0. The standard InChI is InChI=1S/C11H16N4O3/c1-11(2)8(4-9(11)18-3)14-10-12-5-7(6-13-10)15(16)17/h5-6,8-9H,4H2,1-3H3,(H,12,13,14). The van der Waals surface area contributed by atoms with Crippen LogP contribution in [0.2, 0.25) is 0 Å². The highest BCUT2D eigenvalue weighted by molar-refractivity contribution is 5.33. The lowest BCUT2D eigenvalue weighted by molar-refractivity contribution is -0.385. The van der Waals surface area contributed by atoms with E-state index in [1.165, 1.54) is 12.4 Å². The van der Waals surface area contributed by atoms with Gasteiger partial charge >= 0.3 is 5.69 Å². The van der Waals surface area contributed by atoms with E-state index in [0.29, 0.717) is 5.95 Å². The van der Waals surface area contributed by atoms with Crippen LogP contribution in [0.3, 0.4) is 0 Å². The third-order valence-electron chi connectivity index (χ3n) is 3.61. The molecular weight excluding hydrogens is 236 g/mol. The van der Waals surface area contributed by atoms with Gasteiger partial charge in [0.15, 0.2) is 0 Å². The summed E-state index contributed by atoms with van der Waals surface area (Å²) in [5.74, 6) is 0.410. The van der Waals surface area contributed by atoms with Crippen molar-refractivity contribution >= 4 is 11.6 Å². The molecule has 1 aromatic rings. The third kappa shape index (κ3) is 2.13. The van der Waals surface area contributed by atoms with Gasteiger partial charge in [0.2, 0.25) is 5.95 Å². The molecule has 2 rings (SSSR count). The highest BCUT2D eigenvalue weighted by atomic mass is 16.6. The van der Waals surface area contributed by atoms with Crippen molar-refractivity contribution < 1.29 is 9.66 Å². The van der Waals surface area contributed by atoms with Crippen LogP contribution in [0.5, 0.6) is 0 Å². The Morgan fingerprint density at radius 3 is 2.56 bits per heavy atom. The molecule has 98 valence electrons. The summed E-state index contributed by atoms with van der Waals surface area (Å²) < 4.78 is 5.35. The molecule has 1 aromatic heterocycles. The van der Waals surface area contributed by atoms with Gasteiger partial charge in [-0.3, -0.25) is 10.1 Å². The first-order chi connectivity index (χ1) is 8.45. The first kappa shape index (κ1) is 12.7. The quantitative estimate of drug-likeness (QED) is 0.646. The van der Waals surface area contributed by atoms with Gasteiger partial charge in [0.1, 0.15) is 12.4 Å². The molecule has 0 aromatic carbocycles. The molecule has 0 saturated heterocycles. The summed E-state index contributed by atoms with van der Waals surface area (Å²) in [4.78, 5) is 17.8. The van der Waals surface area contributed by atoms with E-state index in [1.807, 2.05) is 0 Å². The van der Waals surface area contributed by atoms with Crippen LogP contribution < -0.4 is 5.32 Å². The second-order valence-corrected chi connectivity index (χ2v) is 5.00. The number of anilines is 1. The van der Waals surface area contributed by atoms with Crippen molar-refractivity contribution in [2.24, 2.45) is 5.41 Å². The minimum Gasteiger partial charge on any atom is -0.381 e. The minimum atomic E-state index is -0.516. The predicted octanol–water partition coefficient (Wildman–Crippen LogP) is 1.61. The Labute approximate surface area is 105 Å². The maximum Gasteiger partial charge on any atom is 0.305 e. The summed E-state index contributed by atoms with van der Waals surface area (Å²) in [6.07, 6.45) is 3.50. The molecule has 7 heteroatoms. The van der Waals surface area contributed by atoms with Gasteiger partial charge in [-0.1, -0.05) is 13.8 Å². The van der Waals surface area contributed by atoms with Gasteiger partial charge in [0.05, 0.1) is 11.0 Å². The molecule has 2 atom stereocenters. The van der Waals surface area contributed by atoms with Crippen molar-refractivity contribution in [3.8, 4) is 0 Å². The number of hydrogen-bond acceptors (Lipinski definition) is 6. The third-order valence-corrected chi connectivity index (χ3v) is 3.61.